The van der Waals surface area contributed by atoms with Crippen molar-refractivity contribution in [2.75, 3.05) is 24.6 Å². The number of rotatable bonds is 14. The Morgan fingerprint density at radius 3 is 1.35 bits per heavy atom. The zero-order valence-electron chi connectivity index (χ0n) is 16.4. The molecular weight excluding hydrogens is 305 g/mol. The normalized spacial score (nSPS) is 15.0. The van der Waals surface area contributed by atoms with Crippen LogP contribution >= 0.6 is 6.83 Å². The molecule has 0 aliphatic heterocycles. The number of carbonyl (C=O) groups excluding carboxylic acids is 1. The van der Waals surface area contributed by atoms with Crippen LogP contribution in [0.15, 0.2) is 0 Å². The molecule has 0 fully saturated rings. The average Bonchev–Trinajstić information content (AvgIpc) is 2.55. The molecule has 0 spiro atoms. The summed E-state index contributed by atoms with van der Waals surface area (Å²) < 4.78 is 6.46. The van der Waals surface area contributed by atoms with Crippen LogP contribution < -0.4 is 5.73 Å². The summed E-state index contributed by atoms with van der Waals surface area (Å²) in [7, 11) is 0. The molecule has 0 bridgehead atoms. The van der Waals surface area contributed by atoms with Crippen LogP contribution in [0.1, 0.15) is 86.0 Å². The maximum absolute atomic E-state index is 12.5. The molecule has 1 atom stereocenters. The fourth-order valence-electron chi connectivity index (χ4n) is 3.42. The molecule has 0 saturated carbocycles. The van der Waals surface area contributed by atoms with E-state index in [1.54, 1.807) is 6.92 Å². The van der Waals surface area contributed by atoms with Gasteiger partial charge in [-0.3, -0.25) is 0 Å². The van der Waals surface area contributed by atoms with Crippen LogP contribution in [0.2, 0.25) is 0 Å². The van der Waals surface area contributed by atoms with Gasteiger partial charge in [0.05, 0.1) is 0 Å². The van der Waals surface area contributed by atoms with Crippen molar-refractivity contribution in [2.24, 2.45) is 5.73 Å². The predicted molar refractivity (Wildman–Crippen MR) is 106 cm³/mol. The first-order valence-electron chi connectivity index (χ1n) is 9.88. The molecule has 0 aromatic heterocycles. The second-order valence-corrected chi connectivity index (χ2v) is 13.1. The molecule has 23 heavy (non-hydrogen) atoms. The number of hydrogen-bond acceptors (Lipinski definition) is 3. The molecule has 0 aromatic carbocycles. The van der Waals surface area contributed by atoms with Gasteiger partial charge in [0.25, 0.3) is 0 Å². The Kier molecular flexibility index (Phi) is 11.4. The standard InChI is InChI=1S/C19H42NO2P/c1-6-10-14-23(15-11-7-2,16-12-8-3,17-13-9-4)22-19(21)18(5)20/h18H,6-17,20H2,1-5H3. The fourth-order valence-corrected chi connectivity index (χ4v) is 10.3. The monoisotopic (exact) mass is 347 g/mol. The molecule has 0 rings (SSSR count). The maximum atomic E-state index is 12.5. The zero-order chi connectivity index (χ0) is 17.8. The first kappa shape index (κ1) is 22.9. The topological polar surface area (TPSA) is 52.3 Å². The van der Waals surface area contributed by atoms with Crippen molar-refractivity contribution >= 4 is 12.8 Å². The molecule has 0 aliphatic rings. The second kappa shape index (κ2) is 11.4. The third-order valence-corrected chi connectivity index (χ3v) is 11.5. The predicted octanol–water partition coefficient (Wildman–Crippen LogP) is 5.55. The SMILES string of the molecule is CCCCP(CCCC)(CCCC)(CCCC)OC(=O)C(C)N. The van der Waals surface area contributed by atoms with Gasteiger partial charge < -0.3 is 0 Å². The summed E-state index contributed by atoms with van der Waals surface area (Å²) in [5.41, 5.74) is 5.86. The van der Waals surface area contributed by atoms with E-state index in [0.717, 1.165) is 50.3 Å². The summed E-state index contributed by atoms with van der Waals surface area (Å²) in [6, 6.07) is -0.511. The summed E-state index contributed by atoms with van der Waals surface area (Å²) in [4.78, 5) is 12.5. The molecule has 0 saturated heterocycles. The molecule has 0 heterocycles. The van der Waals surface area contributed by atoms with E-state index in [-0.39, 0.29) is 5.97 Å². The Labute approximate surface area is 145 Å². The molecule has 4 heteroatoms. The van der Waals surface area contributed by atoms with Gasteiger partial charge in [-0.1, -0.05) is 0 Å². The molecular formula is C19H42NO2P. The Hall–Kier alpha value is -0.140. The van der Waals surface area contributed by atoms with Crippen molar-refractivity contribution in [3.63, 3.8) is 0 Å². The van der Waals surface area contributed by atoms with Crippen molar-refractivity contribution in [3.8, 4) is 0 Å². The van der Waals surface area contributed by atoms with Crippen LogP contribution in [-0.2, 0) is 9.32 Å². The van der Waals surface area contributed by atoms with E-state index in [2.05, 4.69) is 27.7 Å². The van der Waals surface area contributed by atoms with E-state index in [9.17, 15) is 4.79 Å². The van der Waals surface area contributed by atoms with Crippen LogP contribution in [-0.4, -0.2) is 36.7 Å². The number of hydrogen-bond donors (Lipinski definition) is 1. The van der Waals surface area contributed by atoms with Gasteiger partial charge in [0.2, 0.25) is 0 Å². The van der Waals surface area contributed by atoms with E-state index < -0.39 is 12.9 Å². The van der Waals surface area contributed by atoms with Gasteiger partial charge >= 0.3 is 145 Å². The fraction of sp³-hybridized carbons (Fsp3) is 0.947. The number of nitrogens with two attached hydrogens (primary N) is 1. The van der Waals surface area contributed by atoms with Gasteiger partial charge in [0.15, 0.2) is 0 Å². The van der Waals surface area contributed by atoms with Gasteiger partial charge in [0.1, 0.15) is 0 Å². The zero-order valence-corrected chi connectivity index (χ0v) is 17.3. The third kappa shape index (κ3) is 7.52. The van der Waals surface area contributed by atoms with E-state index in [4.69, 9.17) is 10.3 Å². The van der Waals surface area contributed by atoms with Crippen LogP contribution in [0, 0.1) is 0 Å². The molecule has 1 unspecified atom stereocenters. The molecule has 2 N–H and O–H groups in total. The summed E-state index contributed by atoms with van der Waals surface area (Å²) in [6.07, 6.45) is 13.8. The minimum absolute atomic E-state index is 0.165. The molecule has 3 nitrogen and oxygen atoms in total. The first-order valence-corrected chi connectivity index (χ1v) is 12.8. The van der Waals surface area contributed by atoms with Crippen LogP contribution in [0.4, 0.5) is 0 Å². The quantitative estimate of drug-likeness (QED) is 0.419. The van der Waals surface area contributed by atoms with Gasteiger partial charge in [-0.2, -0.15) is 0 Å². The van der Waals surface area contributed by atoms with Gasteiger partial charge in [-0.15, -0.1) is 0 Å². The Morgan fingerprint density at radius 2 is 1.13 bits per heavy atom. The van der Waals surface area contributed by atoms with E-state index in [1.807, 2.05) is 0 Å². The summed E-state index contributed by atoms with van der Waals surface area (Å²) in [5.74, 6) is -0.165. The van der Waals surface area contributed by atoms with Gasteiger partial charge in [0, 0.05) is 0 Å². The number of unbranched alkanes of at least 4 members (excludes halogenated alkanes) is 4. The number of carbonyl (C=O) groups is 1. The summed E-state index contributed by atoms with van der Waals surface area (Å²) in [6.45, 7) is 8.22. The van der Waals surface area contributed by atoms with Crippen molar-refractivity contribution in [1.82, 2.24) is 0 Å². The third-order valence-electron chi connectivity index (χ3n) is 5.03. The Morgan fingerprint density at radius 1 is 0.826 bits per heavy atom. The van der Waals surface area contributed by atoms with Crippen molar-refractivity contribution in [3.05, 3.63) is 0 Å². The van der Waals surface area contributed by atoms with Crippen LogP contribution in [0.3, 0.4) is 0 Å². The van der Waals surface area contributed by atoms with E-state index >= 15 is 0 Å². The van der Waals surface area contributed by atoms with Crippen LogP contribution in [0.25, 0.3) is 0 Å². The molecule has 0 radical (unpaired) electrons. The Balaban J connectivity index is 5.71. The molecule has 0 amide bonds. The average molecular weight is 348 g/mol. The van der Waals surface area contributed by atoms with Crippen molar-refractivity contribution in [1.29, 1.82) is 0 Å². The summed E-state index contributed by atoms with van der Waals surface area (Å²) in [5, 5.41) is 0. The van der Waals surface area contributed by atoms with Crippen molar-refractivity contribution in [2.45, 2.75) is 92.0 Å². The molecule has 0 aliphatic carbocycles. The summed E-state index contributed by atoms with van der Waals surface area (Å²) >= 11 is 0. The molecule has 0 aromatic rings. The van der Waals surface area contributed by atoms with E-state index in [0.29, 0.717) is 0 Å². The Bertz CT molecular complexity index is 288. The molecule has 140 valence electrons. The first-order chi connectivity index (χ1) is 10.9. The minimum atomic E-state index is -2.48. The van der Waals surface area contributed by atoms with Gasteiger partial charge in [-0.25, -0.2) is 0 Å². The van der Waals surface area contributed by atoms with Crippen molar-refractivity contribution < 1.29 is 9.32 Å². The van der Waals surface area contributed by atoms with Crippen LogP contribution in [0.5, 0.6) is 0 Å². The van der Waals surface area contributed by atoms with Gasteiger partial charge in [-0.05, 0) is 0 Å². The van der Waals surface area contributed by atoms with E-state index in [1.165, 1.54) is 25.7 Å². The second-order valence-electron chi connectivity index (χ2n) is 7.37.